The zero-order valence-electron chi connectivity index (χ0n) is 13.8. The highest BCUT2D eigenvalue weighted by atomic mass is 16.5. The van der Waals surface area contributed by atoms with Gasteiger partial charge in [0.25, 0.3) is 5.89 Å². The van der Waals surface area contributed by atoms with Gasteiger partial charge < -0.3 is 14.7 Å². The molecule has 0 spiro atoms. The van der Waals surface area contributed by atoms with Gasteiger partial charge in [-0.1, -0.05) is 5.16 Å². The van der Waals surface area contributed by atoms with Gasteiger partial charge in [-0.25, -0.2) is 0 Å². The molecule has 4 aliphatic carbocycles. The van der Waals surface area contributed by atoms with Crippen LogP contribution in [0.1, 0.15) is 75.6 Å². The minimum absolute atomic E-state index is 0.161. The Labute approximate surface area is 137 Å². The first-order chi connectivity index (χ1) is 11.2. The van der Waals surface area contributed by atoms with E-state index in [1.807, 2.05) is 0 Å². The molecule has 23 heavy (non-hydrogen) atoms. The molecule has 1 aromatic rings. The Bertz CT molecular complexity index is 507. The van der Waals surface area contributed by atoms with Gasteiger partial charge in [-0.3, -0.25) is 0 Å². The van der Waals surface area contributed by atoms with Crippen LogP contribution < -0.4 is 0 Å². The summed E-state index contributed by atoms with van der Waals surface area (Å²) in [5.74, 6) is 3.91. The molecule has 2 N–H and O–H groups in total. The number of rotatable bonds is 7. The van der Waals surface area contributed by atoms with Gasteiger partial charge in [0, 0.05) is 13.0 Å². The molecular weight excluding hydrogens is 292 g/mol. The molecule has 0 amide bonds. The van der Waals surface area contributed by atoms with Crippen molar-refractivity contribution >= 4 is 0 Å². The summed E-state index contributed by atoms with van der Waals surface area (Å²) in [5.41, 5.74) is 0.401. The average Bonchev–Trinajstić information content (AvgIpc) is 2.93. The molecule has 0 aliphatic heterocycles. The van der Waals surface area contributed by atoms with E-state index in [0.717, 1.165) is 36.4 Å². The lowest BCUT2D eigenvalue weighted by atomic mass is 9.49. The van der Waals surface area contributed by atoms with Crippen molar-refractivity contribution < 1.29 is 14.7 Å². The third kappa shape index (κ3) is 3.18. The first kappa shape index (κ1) is 15.6. The predicted molar refractivity (Wildman–Crippen MR) is 84.5 cm³/mol. The second-order valence-electron chi connectivity index (χ2n) is 8.38. The molecule has 1 atom stereocenters. The Morgan fingerprint density at radius 2 is 1.74 bits per heavy atom. The molecule has 0 radical (unpaired) electrons. The maximum Gasteiger partial charge on any atom is 0.255 e. The Kier molecular flexibility index (Phi) is 4.18. The molecule has 4 bridgehead atoms. The molecule has 5 nitrogen and oxygen atoms in total. The number of hydrogen-bond acceptors (Lipinski definition) is 5. The van der Waals surface area contributed by atoms with E-state index >= 15 is 0 Å². The summed E-state index contributed by atoms with van der Waals surface area (Å²) in [5, 5.41) is 23.1. The summed E-state index contributed by atoms with van der Waals surface area (Å²) in [7, 11) is 0. The van der Waals surface area contributed by atoms with Gasteiger partial charge in [-0.15, -0.1) is 0 Å². The lowest BCUT2D eigenvalue weighted by Gasteiger charge is -2.56. The van der Waals surface area contributed by atoms with E-state index in [1.165, 1.54) is 38.5 Å². The van der Waals surface area contributed by atoms with E-state index in [0.29, 0.717) is 24.1 Å². The van der Waals surface area contributed by atoms with Gasteiger partial charge >= 0.3 is 0 Å². The van der Waals surface area contributed by atoms with Crippen molar-refractivity contribution in [1.29, 1.82) is 0 Å². The van der Waals surface area contributed by atoms with Gasteiger partial charge in [0.15, 0.2) is 5.82 Å². The van der Waals surface area contributed by atoms with Crippen molar-refractivity contribution in [2.45, 2.75) is 70.3 Å². The van der Waals surface area contributed by atoms with E-state index in [2.05, 4.69) is 10.1 Å². The summed E-state index contributed by atoms with van der Waals surface area (Å²) >= 11 is 0. The lowest BCUT2D eigenvalue weighted by molar-refractivity contribution is -0.0533. The highest BCUT2D eigenvalue weighted by molar-refractivity contribution is 5.05. The Morgan fingerprint density at radius 1 is 1.09 bits per heavy atom. The van der Waals surface area contributed by atoms with Gasteiger partial charge in [0.1, 0.15) is 6.10 Å². The number of nitrogens with zero attached hydrogens (tertiary/aromatic N) is 2. The molecule has 4 saturated carbocycles. The largest absolute Gasteiger partial charge is 0.396 e. The van der Waals surface area contributed by atoms with E-state index < -0.39 is 6.10 Å². The molecule has 1 aromatic heterocycles. The fraction of sp³-hybridized carbons (Fsp3) is 0.889. The van der Waals surface area contributed by atoms with Crippen LogP contribution in [0.3, 0.4) is 0 Å². The topological polar surface area (TPSA) is 79.4 Å². The molecule has 0 aromatic carbocycles. The second kappa shape index (κ2) is 6.17. The Balaban J connectivity index is 1.40. The van der Waals surface area contributed by atoms with Crippen LogP contribution in [-0.4, -0.2) is 27.0 Å². The van der Waals surface area contributed by atoms with Gasteiger partial charge in [-0.2, -0.15) is 4.98 Å². The van der Waals surface area contributed by atoms with Gasteiger partial charge in [-0.05, 0) is 81.0 Å². The summed E-state index contributed by atoms with van der Waals surface area (Å²) < 4.78 is 5.30. The maximum atomic E-state index is 10.1. The highest BCUT2D eigenvalue weighted by Crippen LogP contribution is 2.60. The number of aliphatic hydroxyl groups excluding tert-OH is 2. The standard InChI is InChI=1S/C18H28N2O3/c21-4-2-1-3-15(22)17-19-16(20-23-17)11-18-8-12-5-13(9-18)7-14(6-12)10-18/h12-15,21-22H,1-11H2. The SMILES string of the molecule is OCCCCC(O)c1nc(CC23CC4CC(CC(C4)C2)C3)no1. The molecule has 128 valence electrons. The predicted octanol–water partition coefficient (Wildman–Crippen LogP) is 3.02. The fourth-order valence-electron chi connectivity index (χ4n) is 5.89. The van der Waals surface area contributed by atoms with Crippen LogP contribution in [0.4, 0.5) is 0 Å². The van der Waals surface area contributed by atoms with Crippen LogP contribution >= 0.6 is 0 Å². The normalized spacial score (nSPS) is 36.5. The van der Waals surface area contributed by atoms with E-state index in [1.54, 1.807) is 0 Å². The number of aliphatic hydroxyl groups is 2. The third-order valence-corrected chi connectivity index (χ3v) is 6.35. The minimum atomic E-state index is -0.695. The molecule has 5 heteroatoms. The second-order valence-corrected chi connectivity index (χ2v) is 8.38. The van der Waals surface area contributed by atoms with Crippen LogP contribution in [0.25, 0.3) is 0 Å². The lowest BCUT2D eigenvalue weighted by Crippen LogP contribution is -2.47. The first-order valence-electron chi connectivity index (χ1n) is 9.27. The van der Waals surface area contributed by atoms with Crippen molar-refractivity contribution in [2.24, 2.45) is 23.2 Å². The van der Waals surface area contributed by atoms with Gasteiger partial charge in [0.2, 0.25) is 0 Å². The quantitative estimate of drug-likeness (QED) is 0.755. The fourth-order valence-corrected chi connectivity index (χ4v) is 5.89. The summed E-state index contributed by atoms with van der Waals surface area (Å²) in [6, 6.07) is 0. The monoisotopic (exact) mass is 320 g/mol. The number of aromatic nitrogens is 2. The van der Waals surface area contributed by atoms with E-state index in [4.69, 9.17) is 9.63 Å². The summed E-state index contributed by atoms with van der Waals surface area (Å²) in [4.78, 5) is 4.47. The van der Waals surface area contributed by atoms with Gasteiger partial charge in [0.05, 0.1) is 0 Å². The van der Waals surface area contributed by atoms with Crippen molar-refractivity contribution in [2.75, 3.05) is 6.61 Å². The number of hydrogen-bond donors (Lipinski definition) is 2. The van der Waals surface area contributed by atoms with Crippen LogP contribution in [0.15, 0.2) is 4.52 Å². The molecule has 1 unspecified atom stereocenters. The van der Waals surface area contributed by atoms with E-state index in [9.17, 15) is 5.11 Å². The first-order valence-corrected chi connectivity index (χ1v) is 9.27. The van der Waals surface area contributed by atoms with Crippen molar-refractivity contribution in [3.8, 4) is 0 Å². The molecule has 4 aliphatic rings. The molecule has 1 heterocycles. The van der Waals surface area contributed by atoms with Crippen molar-refractivity contribution in [1.82, 2.24) is 10.1 Å². The summed E-state index contributed by atoms with van der Waals surface area (Å²) in [6.07, 6.45) is 10.6. The minimum Gasteiger partial charge on any atom is -0.396 e. The smallest absolute Gasteiger partial charge is 0.255 e. The number of unbranched alkanes of at least 4 members (excludes halogenated alkanes) is 1. The zero-order chi connectivity index (χ0) is 15.9. The molecule has 0 saturated heterocycles. The van der Waals surface area contributed by atoms with Crippen molar-refractivity contribution in [3.63, 3.8) is 0 Å². The Hall–Kier alpha value is -0.940. The van der Waals surface area contributed by atoms with Crippen molar-refractivity contribution in [3.05, 3.63) is 11.7 Å². The summed E-state index contributed by atoms with van der Waals surface area (Å²) in [6.45, 7) is 0.161. The van der Waals surface area contributed by atoms with Crippen LogP contribution in [-0.2, 0) is 6.42 Å². The van der Waals surface area contributed by atoms with E-state index in [-0.39, 0.29) is 6.61 Å². The third-order valence-electron chi connectivity index (χ3n) is 6.35. The van der Waals surface area contributed by atoms with Crippen LogP contribution in [0, 0.1) is 23.2 Å². The molecule has 5 rings (SSSR count). The Morgan fingerprint density at radius 3 is 2.35 bits per heavy atom. The highest BCUT2D eigenvalue weighted by Gasteiger charge is 2.51. The molecule has 4 fully saturated rings. The maximum absolute atomic E-state index is 10.1. The molecular formula is C18H28N2O3. The average molecular weight is 320 g/mol. The van der Waals surface area contributed by atoms with Crippen LogP contribution in [0.5, 0.6) is 0 Å². The zero-order valence-corrected chi connectivity index (χ0v) is 13.8. The van der Waals surface area contributed by atoms with Crippen LogP contribution in [0.2, 0.25) is 0 Å².